The van der Waals surface area contributed by atoms with Gasteiger partial charge in [0.2, 0.25) is 5.91 Å². The number of amides is 1. The van der Waals surface area contributed by atoms with Crippen LogP contribution < -0.4 is 0 Å². The zero-order valence-corrected chi connectivity index (χ0v) is 11.6. The van der Waals surface area contributed by atoms with E-state index in [1.165, 1.54) is 5.56 Å². The fourth-order valence-corrected chi connectivity index (χ4v) is 2.36. The van der Waals surface area contributed by atoms with Crippen LogP contribution in [-0.2, 0) is 4.79 Å². The van der Waals surface area contributed by atoms with E-state index in [9.17, 15) is 9.90 Å². The Morgan fingerprint density at radius 2 is 2.05 bits per heavy atom. The van der Waals surface area contributed by atoms with E-state index < -0.39 is 0 Å². The van der Waals surface area contributed by atoms with Crippen LogP contribution in [0.15, 0.2) is 29.8 Å². The minimum Gasteiger partial charge on any atom is -0.391 e. The first-order chi connectivity index (χ1) is 9.06. The lowest BCUT2D eigenvalue weighted by atomic mass is 10.1. The van der Waals surface area contributed by atoms with Crippen molar-refractivity contribution in [2.45, 2.75) is 32.8 Å². The van der Waals surface area contributed by atoms with E-state index >= 15 is 0 Å². The van der Waals surface area contributed by atoms with Crippen LogP contribution in [-0.4, -0.2) is 35.1 Å². The lowest BCUT2D eigenvalue weighted by molar-refractivity contribution is -0.129. The fraction of sp³-hybridized carbons (Fsp3) is 0.438. The summed E-state index contributed by atoms with van der Waals surface area (Å²) in [6.45, 7) is 5.08. The molecular weight excluding hydrogens is 238 g/mol. The van der Waals surface area contributed by atoms with Gasteiger partial charge in [-0.15, -0.1) is 0 Å². The number of nitrogens with zero attached hydrogens (tertiary/aromatic N) is 1. The van der Waals surface area contributed by atoms with Crippen molar-refractivity contribution in [1.29, 1.82) is 0 Å². The monoisotopic (exact) mass is 259 g/mol. The van der Waals surface area contributed by atoms with Gasteiger partial charge in [-0.2, -0.15) is 0 Å². The van der Waals surface area contributed by atoms with Crippen LogP contribution in [0.4, 0.5) is 0 Å². The predicted octanol–water partition coefficient (Wildman–Crippen LogP) is 2.38. The zero-order valence-electron chi connectivity index (χ0n) is 11.6. The summed E-state index contributed by atoms with van der Waals surface area (Å²) < 4.78 is 0. The number of β-amino-alcohol motifs (C(OH)–C–C–N with tert-alkyl or cyclic N) is 1. The SMILES string of the molecule is C/C(=C/c1ccc(C)cc1)C(=O)N1CCCC(O)C1. The Morgan fingerprint density at radius 3 is 2.68 bits per heavy atom. The van der Waals surface area contributed by atoms with Crippen molar-refractivity contribution in [3.8, 4) is 0 Å². The third-order valence-electron chi connectivity index (χ3n) is 3.48. The number of carbonyl (C=O) groups is 1. The number of rotatable bonds is 2. The fourth-order valence-electron chi connectivity index (χ4n) is 2.36. The van der Waals surface area contributed by atoms with Gasteiger partial charge in [0.05, 0.1) is 6.10 Å². The van der Waals surface area contributed by atoms with E-state index in [1.54, 1.807) is 4.90 Å². The molecule has 1 N–H and O–H groups in total. The molecule has 1 aliphatic heterocycles. The zero-order chi connectivity index (χ0) is 13.8. The minimum absolute atomic E-state index is 0.0272. The Labute approximate surface area is 114 Å². The second-order valence-corrected chi connectivity index (χ2v) is 5.29. The first kappa shape index (κ1) is 13.8. The number of likely N-dealkylation sites (tertiary alicyclic amines) is 1. The van der Waals surface area contributed by atoms with E-state index in [1.807, 2.05) is 44.2 Å². The number of piperidine rings is 1. The van der Waals surface area contributed by atoms with Gasteiger partial charge in [0.15, 0.2) is 0 Å². The Bertz CT molecular complexity index is 476. The molecule has 1 aromatic rings. The molecule has 0 aromatic heterocycles. The molecule has 1 amide bonds. The maximum Gasteiger partial charge on any atom is 0.249 e. The van der Waals surface area contributed by atoms with E-state index in [0.29, 0.717) is 6.54 Å². The van der Waals surface area contributed by atoms with Crippen molar-refractivity contribution in [2.24, 2.45) is 0 Å². The standard InChI is InChI=1S/C16H21NO2/c1-12-5-7-14(8-6-12)10-13(2)16(19)17-9-3-4-15(18)11-17/h5-8,10,15,18H,3-4,9,11H2,1-2H3/b13-10-. The number of aliphatic hydroxyl groups excluding tert-OH is 1. The summed E-state index contributed by atoms with van der Waals surface area (Å²) in [6.07, 6.45) is 3.21. The van der Waals surface area contributed by atoms with Gasteiger partial charge in [0.25, 0.3) is 0 Å². The summed E-state index contributed by atoms with van der Waals surface area (Å²) in [5.74, 6) is 0.0272. The maximum atomic E-state index is 12.3. The van der Waals surface area contributed by atoms with Crippen molar-refractivity contribution < 1.29 is 9.90 Å². The highest BCUT2D eigenvalue weighted by atomic mass is 16.3. The van der Waals surface area contributed by atoms with Crippen LogP contribution in [0, 0.1) is 6.92 Å². The molecule has 1 unspecified atom stereocenters. The number of aryl methyl sites for hydroxylation is 1. The number of aliphatic hydroxyl groups is 1. The molecule has 3 nitrogen and oxygen atoms in total. The molecule has 1 atom stereocenters. The van der Waals surface area contributed by atoms with Crippen LogP contribution in [0.5, 0.6) is 0 Å². The molecule has 1 aromatic carbocycles. The average molecular weight is 259 g/mol. The molecule has 2 rings (SSSR count). The van der Waals surface area contributed by atoms with Gasteiger partial charge in [0, 0.05) is 18.7 Å². The Kier molecular flexibility index (Phi) is 4.38. The van der Waals surface area contributed by atoms with E-state index in [-0.39, 0.29) is 12.0 Å². The van der Waals surface area contributed by atoms with Gasteiger partial charge in [-0.3, -0.25) is 4.79 Å². The number of hydrogen-bond acceptors (Lipinski definition) is 2. The number of hydrogen-bond donors (Lipinski definition) is 1. The van der Waals surface area contributed by atoms with Crippen molar-refractivity contribution in [2.75, 3.05) is 13.1 Å². The van der Waals surface area contributed by atoms with Gasteiger partial charge >= 0.3 is 0 Å². The lowest BCUT2D eigenvalue weighted by Gasteiger charge is -2.30. The van der Waals surface area contributed by atoms with Gasteiger partial charge < -0.3 is 10.0 Å². The number of benzene rings is 1. The third kappa shape index (κ3) is 3.67. The Morgan fingerprint density at radius 1 is 1.37 bits per heavy atom. The quantitative estimate of drug-likeness (QED) is 0.828. The molecule has 0 aliphatic carbocycles. The van der Waals surface area contributed by atoms with Crippen LogP contribution in [0.1, 0.15) is 30.9 Å². The second-order valence-electron chi connectivity index (χ2n) is 5.29. The Hall–Kier alpha value is -1.61. The van der Waals surface area contributed by atoms with Gasteiger partial charge in [-0.1, -0.05) is 29.8 Å². The molecule has 0 radical (unpaired) electrons. The molecule has 3 heteroatoms. The van der Waals surface area contributed by atoms with Gasteiger partial charge in [-0.25, -0.2) is 0 Å². The smallest absolute Gasteiger partial charge is 0.249 e. The highest BCUT2D eigenvalue weighted by Crippen LogP contribution is 2.15. The first-order valence-corrected chi connectivity index (χ1v) is 6.78. The molecule has 1 aliphatic rings. The normalized spacial score (nSPS) is 20.5. The molecule has 0 bridgehead atoms. The molecular formula is C16H21NO2. The lowest BCUT2D eigenvalue weighted by Crippen LogP contribution is -2.42. The molecule has 1 heterocycles. The largest absolute Gasteiger partial charge is 0.391 e. The van der Waals surface area contributed by atoms with Crippen molar-refractivity contribution in [3.63, 3.8) is 0 Å². The highest BCUT2D eigenvalue weighted by molar-refractivity contribution is 5.97. The third-order valence-corrected chi connectivity index (χ3v) is 3.48. The summed E-state index contributed by atoms with van der Waals surface area (Å²) in [5.41, 5.74) is 2.97. The van der Waals surface area contributed by atoms with E-state index in [0.717, 1.165) is 30.5 Å². The summed E-state index contributed by atoms with van der Waals surface area (Å²) in [4.78, 5) is 14.0. The molecule has 0 saturated carbocycles. The molecule has 1 fully saturated rings. The maximum absolute atomic E-state index is 12.3. The Balaban J connectivity index is 2.07. The van der Waals surface area contributed by atoms with E-state index in [4.69, 9.17) is 0 Å². The van der Waals surface area contributed by atoms with Crippen molar-refractivity contribution >= 4 is 12.0 Å². The second kappa shape index (κ2) is 6.02. The summed E-state index contributed by atoms with van der Waals surface area (Å²) in [5, 5.41) is 9.62. The summed E-state index contributed by atoms with van der Waals surface area (Å²) in [6, 6.07) is 8.09. The van der Waals surface area contributed by atoms with Crippen LogP contribution in [0.25, 0.3) is 6.08 Å². The number of carbonyl (C=O) groups excluding carboxylic acids is 1. The highest BCUT2D eigenvalue weighted by Gasteiger charge is 2.22. The summed E-state index contributed by atoms with van der Waals surface area (Å²) in [7, 11) is 0. The molecule has 1 saturated heterocycles. The first-order valence-electron chi connectivity index (χ1n) is 6.78. The van der Waals surface area contributed by atoms with Crippen LogP contribution in [0.3, 0.4) is 0 Å². The van der Waals surface area contributed by atoms with Gasteiger partial charge in [-0.05, 0) is 38.3 Å². The molecule has 102 valence electrons. The van der Waals surface area contributed by atoms with Crippen LogP contribution >= 0.6 is 0 Å². The van der Waals surface area contributed by atoms with Gasteiger partial charge in [0.1, 0.15) is 0 Å². The van der Waals surface area contributed by atoms with Crippen molar-refractivity contribution in [1.82, 2.24) is 4.90 Å². The van der Waals surface area contributed by atoms with Crippen molar-refractivity contribution in [3.05, 3.63) is 41.0 Å². The predicted molar refractivity (Wildman–Crippen MR) is 76.7 cm³/mol. The topological polar surface area (TPSA) is 40.5 Å². The average Bonchev–Trinajstić information content (AvgIpc) is 2.40. The summed E-state index contributed by atoms with van der Waals surface area (Å²) >= 11 is 0. The molecule has 0 spiro atoms. The molecule has 19 heavy (non-hydrogen) atoms. The van der Waals surface area contributed by atoms with E-state index in [2.05, 4.69) is 0 Å². The minimum atomic E-state index is -0.370. The van der Waals surface area contributed by atoms with Crippen LogP contribution in [0.2, 0.25) is 0 Å².